The number of carbonyl (C=O) groups excluding carboxylic acids is 1. The van der Waals surface area contributed by atoms with Gasteiger partial charge < -0.3 is 14.2 Å². The van der Waals surface area contributed by atoms with Gasteiger partial charge in [-0.3, -0.25) is 4.79 Å². The van der Waals surface area contributed by atoms with Crippen LogP contribution in [-0.2, 0) is 16.0 Å². The predicted molar refractivity (Wildman–Crippen MR) is 161 cm³/mol. The summed E-state index contributed by atoms with van der Waals surface area (Å²) in [7, 11) is 0. The average molecular weight is 611 g/mol. The molecule has 0 saturated heterocycles. The molecule has 0 spiro atoms. The summed E-state index contributed by atoms with van der Waals surface area (Å²) >= 11 is 3.47. The number of carbonyl (C=O) groups is 1. The molecular formula is C31H36BrN3O5. The second-order valence-corrected chi connectivity index (χ2v) is 11.0. The second kappa shape index (κ2) is 13.7. The number of esters is 1. The molecule has 0 amide bonds. The van der Waals surface area contributed by atoms with Gasteiger partial charge >= 0.3 is 5.97 Å². The molecule has 40 heavy (non-hydrogen) atoms. The first-order valence-electron chi connectivity index (χ1n) is 13.8. The van der Waals surface area contributed by atoms with Gasteiger partial charge in [-0.25, -0.2) is 9.78 Å². The number of allylic oxidation sites excluding steroid dienone is 1. The van der Waals surface area contributed by atoms with Gasteiger partial charge in [0.15, 0.2) is 18.1 Å². The maximum atomic E-state index is 13.7. The summed E-state index contributed by atoms with van der Waals surface area (Å²) in [5.74, 6) is 1.33. The maximum absolute atomic E-state index is 13.7. The minimum Gasteiger partial charge on any atom is -0.490 e. The fourth-order valence-corrected chi connectivity index (χ4v) is 5.31. The van der Waals surface area contributed by atoms with Crippen LogP contribution in [0, 0.1) is 0 Å². The number of nitrogens with zero attached hydrogens (tertiary/aromatic N) is 3. The maximum Gasteiger partial charge on any atom is 0.344 e. The number of halogens is 1. The van der Waals surface area contributed by atoms with E-state index in [4.69, 9.17) is 19.2 Å². The van der Waals surface area contributed by atoms with Crippen molar-refractivity contribution in [1.29, 1.82) is 0 Å². The van der Waals surface area contributed by atoms with Crippen LogP contribution in [0.3, 0.4) is 0 Å². The van der Waals surface area contributed by atoms with Gasteiger partial charge in [-0.15, -0.1) is 6.58 Å². The topological polar surface area (TPSA) is 92.0 Å². The van der Waals surface area contributed by atoms with Gasteiger partial charge in [-0.05, 0) is 75.9 Å². The van der Waals surface area contributed by atoms with Crippen molar-refractivity contribution in [2.45, 2.75) is 71.3 Å². The molecule has 2 aromatic carbocycles. The van der Waals surface area contributed by atoms with E-state index in [1.165, 1.54) is 11.1 Å². The van der Waals surface area contributed by atoms with Gasteiger partial charge in [0.1, 0.15) is 5.82 Å². The molecular weight excluding hydrogens is 574 g/mol. The number of ether oxygens (including phenoxy) is 3. The monoisotopic (exact) mass is 609 g/mol. The fraction of sp³-hybridized carbons (Fsp3) is 0.419. The van der Waals surface area contributed by atoms with E-state index in [2.05, 4.69) is 27.6 Å². The highest BCUT2D eigenvalue weighted by molar-refractivity contribution is 9.10. The molecule has 1 aliphatic rings. The van der Waals surface area contributed by atoms with Crippen LogP contribution in [0.2, 0.25) is 0 Å². The van der Waals surface area contributed by atoms with Crippen LogP contribution in [0.25, 0.3) is 10.9 Å². The first kappa shape index (κ1) is 29.5. The molecule has 0 aliphatic heterocycles. The van der Waals surface area contributed by atoms with Crippen molar-refractivity contribution in [3.05, 3.63) is 74.8 Å². The number of hydrogen-bond acceptors (Lipinski definition) is 7. The normalized spacial score (nSPS) is 14.1. The van der Waals surface area contributed by atoms with Gasteiger partial charge in [0.2, 0.25) is 0 Å². The zero-order valence-electron chi connectivity index (χ0n) is 23.3. The quantitative estimate of drug-likeness (QED) is 0.139. The minimum absolute atomic E-state index is 0.170. The van der Waals surface area contributed by atoms with E-state index in [-0.39, 0.29) is 24.2 Å². The van der Waals surface area contributed by atoms with Crippen LogP contribution in [-0.4, -0.2) is 41.2 Å². The van der Waals surface area contributed by atoms with E-state index < -0.39 is 5.97 Å². The van der Waals surface area contributed by atoms with Crippen molar-refractivity contribution < 1.29 is 19.0 Å². The first-order chi connectivity index (χ1) is 19.3. The average Bonchev–Trinajstić information content (AvgIpc) is 2.92. The lowest BCUT2D eigenvalue weighted by Gasteiger charge is -2.22. The Morgan fingerprint density at radius 2 is 1.98 bits per heavy atom. The van der Waals surface area contributed by atoms with Crippen molar-refractivity contribution in [2.75, 3.05) is 13.2 Å². The Labute approximate surface area is 243 Å². The highest BCUT2D eigenvalue weighted by Crippen LogP contribution is 2.34. The Hall–Kier alpha value is -3.46. The van der Waals surface area contributed by atoms with Crippen molar-refractivity contribution in [3.8, 4) is 11.5 Å². The van der Waals surface area contributed by atoms with Gasteiger partial charge in [-0.1, -0.05) is 41.3 Å². The lowest BCUT2D eigenvalue weighted by Crippen LogP contribution is -2.25. The summed E-state index contributed by atoms with van der Waals surface area (Å²) in [6.07, 6.45) is 9.01. The summed E-state index contributed by atoms with van der Waals surface area (Å²) in [4.78, 5) is 30.7. The number of benzene rings is 2. The summed E-state index contributed by atoms with van der Waals surface area (Å²) in [5.41, 5.74) is 1.96. The summed E-state index contributed by atoms with van der Waals surface area (Å²) in [6, 6.07) is 9.24. The molecule has 0 atom stereocenters. The molecule has 3 aromatic rings. The van der Waals surface area contributed by atoms with Crippen LogP contribution >= 0.6 is 15.9 Å². The van der Waals surface area contributed by atoms with Crippen LogP contribution in [0.1, 0.15) is 75.7 Å². The minimum atomic E-state index is -0.460. The van der Waals surface area contributed by atoms with E-state index >= 15 is 0 Å². The standard InChI is InChI=1S/C31H36BrN3O5/c1-5-10-23-15-21(16-27(38-6-2)29(23)39-19-28(36)40-20(3)4)18-33-35-30(22-11-8-7-9-12-22)34-26-14-13-24(32)17-25(26)31(35)37/h5,13-18,20,22H,1,6-12,19H2,2-4H3. The van der Waals surface area contributed by atoms with Crippen LogP contribution in [0.4, 0.5) is 0 Å². The Bertz CT molecular complexity index is 1460. The van der Waals surface area contributed by atoms with Crippen molar-refractivity contribution in [3.63, 3.8) is 0 Å². The molecule has 0 N–H and O–H groups in total. The molecule has 4 rings (SSSR count). The number of aromatic nitrogens is 2. The Balaban J connectivity index is 1.76. The van der Waals surface area contributed by atoms with Crippen molar-refractivity contribution >= 4 is 39.0 Å². The molecule has 1 aromatic heterocycles. The lowest BCUT2D eigenvalue weighted by molar-refractivity contribution is -0.149. The third-order valence-electron chi connectivity index (χ3n) is 6.65. The van der Waals surface area contributed by atoms with Gasteiger partial charge in [0, 0.05) is 16.0 Å². The third-order valence-corrected chi connectivity index (χ3v) is 7.14. The molecule has 212 valence electrons. The van der Waals surface area contributed by atoms with Crippen LogP contribution in [0.15, 0.2) is 57.4 Å². The molecule has 9 heteroatoms. The fourth-order valence-electron chi connectivity index (χ4n) is 4.95. The lowest BCUT2D eigenvalue weighted by atomic mass is 9.88. The first-order valence-corrected chi connectivity index (χ1v) is 14.6. The van der Waals surface area contributed by atoms with E-state index in [1.807, 2.05) is 25.1 Å². The largest absolute Gasteiger partial charge is 0.490 e. The SMILES string of the molecule is C=CCc1cc(C=Nn2c(C3CCCCC3)nc3ccc(Br)cc3c2=O)cc(OCC)c1OCC(=O)OC(C)C. The highest BCUT2D eigenvalue weighted by Gasteiger charge is 2.23. The van der Waals surface area contributed by atoms with Gasteiger partial charge in [-0.2, -0.15) is 9.78 Å². The van der Waals surface area contributed by atoms with Crippen LogP contribution < -0.4 is 15.0 Å². The Kier molecular flexibility index (Phi) is 10.1. The van der Waals surface area contributed by atoms with E-state index in [0.717, 1.165) is 35.7 Å². The van der Waals surface area contributed by atoms with Crippen LogP contribution in [0.5, 0.6) is 11.5 Å². The van der Waals surface area contributed by atoms with E-state index in [0.29, 0.717) is 46.8 Å². The molecule has 1 aliphatic carbocycles. The third kappa shape index (κ3) is 7.18. The highest BCUT2D eigenvalue weighted by atomic mass is 79.9. The van der Waals surface area contributed by atoms with Crippen molar-refractivity contribution in [1.82, 2.24) is 9.66 Å². The summed E-state index contributed by atoms with van der Waals surface area (Å²) in [5, 5.41) is 5.18. The molecule has 1 saturated carbocycles. The van der Waals surface area contributed by atoms with Gasteiger partial charge in [0.05, 0.1) is 29.8 Å². The molecule has 8 nitrogen and oxygen atoms in total. The number of fused-ring (bicyclic) bond motifs is 1. The summed E-state index contributed by atoms with van der Waals surface area (Å²) < 4.78 is 19.2. The zero-order chi connectivity index (χ0) is 28.6. The Morgan fingerprint density at radius 3 is 2.67 bits per heavy atom. The molecule has 0 unspecified atom stereocenters. The molecule has 1 heterocycles. The second-order valence-electron chi connectivity index (χ2n) is 10.1. The van der Waals surface area contributed by atoms with E-state index in [9.17, 15) is 9.59 Å². The molecule has 0 radical (unpaired) electrons. The van der Waals surface area contributed by atoms with E-state index in [1.54, 1.807) is 38.3 Å². The van der Waals surface area contributed by atoms with Gasteiger partial charge in [0.25, 0.3) is 5.56 Å². The predicted octanol–water partition coefficient (Wildman–Crippen LogP) is 6.55. The smallest absolute Gasteiger partial charge is 0.344 e. The number of rotatable bonds is 11. The molecule has 1 fully saturated rings. The Morgan fingerprint density at radius 1 is 1.20 bits per heavy atom. The summed E-state index contributed by atoms with van der Waals surface area (Å²) in [6.45, 7) is 9.47. The van der Waals surface area contributed by atoms with Crippen molar-refractivity contribution in [2.24, 2.45) is 5.10 Å². The number of hydrogen-bond donors (Lipinski definition) is 0. The molecule has 0 bridgehead atoms. The zero-order valence-corrected chi connectivity index (χ0v) is 24.9.